The van der Waals surface area contributed by atoms with Gasteiger partial charge in [-0.1, -0.05) is 24.3 Å². The number of nitro benzene ring substituents is 1. The normalized spacial score (nSPS) is 10.7. The number of rotatable bonds is 9. The first-order chi connectivity index (χ1) is 17.1. The van der Waals surface area contributed by atoms with E-state index in [0.717, 1.165) is 6.07 Å². The van der Waals surface area contributed by atoms with Crippen LogP contribution in [-0.4, -0.2) is 44.8 Å². The maximum Gasteiger partial charge on any atom is 0.325 e. The molecule has 0 fully saturated rings. The van der Waals surface area contributed by atoms with Crippen LogP contribution in [0.25, 0.3) is 0 Å². The summed E-state index contributed by atoms with van der Waals surface area (Å²) in [6.45, 7) is -0.308. The Balaban J connectivity index is 1.75. The molecule has 0 aliphatic rings. The van der Waals surface area contributed by atoms with Gasteiger partial charge >= 0.3 is 5.97 Å². The average molecular weight is 513 g/mol. The number of hydrogen-bond donors (Lipinski definition) is 3. The zero-order valence-corrected chi connectivity index (χ0v) is 19.6. The summed E-state index contributed by atoms with van der Waals surface area (Å²) >= 11 is 0. The van der Waals surface area contributed by atoms with Gasteiger partial charge in [0.05, 0.1) is 16.9 Å². The second kappa shape index (κ2) is 11.1. The maximum absolute atomic E-state index is 12.7. The van der Waals surface area contributed by atoms with Gasteiger partial charge in [-0.2, -0.15) is 0 Å². The van der Waals surface area contributed by atoms with Crippen LogP contribution in [-0.2, 0) is 19.6 Å². The van der Waals surface area contributed by atoms with Gasteiger partial charge in [-0.15, -0.1) is 0 Å². The Hall–Kier alpha value is -4.78. The van der Waals surface area contributed by atoms with Gasteiger partial charge < -0.3 is 15.4 Å². The van der Waals surface area contributed by atoms with Gasteiger partial charge in [0.15, 0.2) is 0 Å². The Labute approximate surface area is 205 Å². The van der Waals surface area contributed by atoms with Crippen LogP contribution in [0.15, 0.2) is 77.7 Å². The summed E-state index contributed by atoms with van der Waals surface area (Å²) in [7, 11) is -2.93. The molecule has 3 aromatic carbocycles. The molecule has 0 aromatic heterocycles. The molecule has 3 rings (SSSR count). The average Bonchev–Trinajstić information content (AvgIpc) is 2.87. The zero-order chi connectivity index (χ0) is 26.3. The molecule has 0 radical (unpaired) electrons. The minimum Gasteiger partial charge on any atom is -0.468 e. The summed E-state index contributed by atoms with van der Waals surface area (Å²) in [5.41, 5.74) is -0.376. The first-order valence-electron chi connectivity index (χ1n) is 10.2. The van der Waals surface area contributed by atoms with E-state index in [1.54, 1.807) is 6.07 Å². The molecule has 0 bridgehead atoms. The SMILES string of the molecule is COC(=O)CNc1ccc(C(=O)Nc2cccc(C(=O)NS(=O)(=O)c3ccccc3)c2)cc1[N+](=O)[O-]. The molecular weight excluding hydrogens is 492 g/mol. The largest absolute Gasteiger partial charge is 0.468 e. The molecule has 0 unspecified atom stereocenters. The number of carbonyl (C=O) groups is 3. The summed E-state index contributed by atoms with van der Waals surface area (Å²) in [5.74, 6) is -2.26. The highest BCUT2D eigenvalue weighted by Gasteiger charge is 2.20. The Bertz CT molecular complexity index is 1430. The third kappa shape index (κ3) is 6.42. The van der Waals surface area contributed by atoms with Gasteiger partial charge in [-0.3, -0.25) is 24.5 Å². The molecule has 0 atom stereocenters. The van der Waals surface area contributed by atoms with Crippen LogP contribution in [0.4, 0.5) is 17.1 Å². The van der Waals surface area contributed by atoms with Crippen LogP contribution in [0.3, 0.4) is 0 Å². The number of carbonyl (C=O) groups excluding carboxylic acids is 3. The van der Waals surface area contributed by atoms with Crippen molar-refractivity contribution in [1.29, 1.82) is 0 Å². The lowest BCUT2D eigenvalue weighted by Gasteiger charge is -2.10. The van der Waals surface area contributed by atoms with Gasteiger partial charge in [0, 0.05) is 22.9 Å². The molecule has 3 aromatic rings. The number of amides is 2. The minimum absolute atomic E-state index is 0.0141. The second-order valence-corrected chi connectivity index (χ2v) is 8.88. The number of nitro groups is 1. The highest BCUT2D eigenvalue weighted by atomic mass is 32.2. The predicted molar refractivity (Wildman–Crippen MR) is 129 cm³/mol. The lowest BCUT2D eigenvalue weighted by Crippen LogP contribution is -2.30. The number of nitrogens with zero attached hydrogens (tertiary/aromatic N) is 1. The van der Waals surface area contributed by atoms with Crippen molar-refractivity contribution in [2.24, 2.45) is 0 Å². The monoisotopic (exact) mass is 512 g/mol. The molecular formula is C23H20N4O8S. The maximum atomic E-state index is 12.7. The molecule has 0 aliphatic carbocycles. The van der Waals surface area contributed by atoms with Gasteiger partial charge in [0.1, 0.15) is 12.2 Å². The number of nitrogens with one attached hydrogen (secondary N) is 3. The Morgan fingerprint density at radius 3 is 2.28 bits per heavy atom. The van der Waals surface area contributed by atoms with Gasteiger partial charge in [0.25, 0.3) is 27.5 Å². The number of ether oxygens (including phenoxy) is 1. The first kappa shape index (κ1) is 25.8. The number of esters is 1. The molecule has 13 heteroatoms. The second-order valence-electron chi connectivity index (χ2n) is 7.20. The smallest absolute Gasteiger partial charge is 0.325 e. The lowest BCUT2D eigenvalue weighted by atomic mass is 10.1. The van der Waals surface area contributed by atoms with Gasteiger partial charge in [-0.25, -0.2) is 13.1 Å². The molecule has 2 amide bonds. The molecule has 3 N–H and O–H groups in total. The van der Waals surface area contributed by atoms with Crippen molar-refractivity contribution in [3.8, 4) is 0 Å². The molecule has 0 aliphatic heterocycles. The third-order valence-electron chi connectivity index (χ3n) is 4.77. The Kier molecular flexibility index (Phi) is 7.96. The number of anilines is 2. The van der Waals surface area contributed by atoms with Crippen molar-refractivity contribution in [3.05, 3.63) is 94.0 Å². The molecule has 12 nitrogen and oxygen atoms in total. The fraction of sp³-hybridized carbons (Fsp3) is 0.0870. The highest BCUT2D eigenvalue weighted by molar-refractivity contribution is 7.90. The fourth-order valence-corrected chi connectivity index (χ4v) is 3.99. The van der Waals surface area contributed by atoms with E-state index < -0.39 is 38.4 Å². The standard InChI is InChI=1S/C23H20N4O8S/c1-35-21(28)14-24-19-11-10-16(13-20(19)27(31)32)22(29)25-17-7-5-6-15(12-17)23(30)26-36(33,34)18-8-3-2-4-9-18/h2-13,24H,14H2,1H3,(H,25,29)(H,26,30). The van der Waals surface area contributed by atoms with Gasteiger partial charge in [0.2, 0.25) is 0 Å². The summed E-state index contributed by atoms with van der Waals surface area (Å²) in [6.07, 6.45) is 0. The van der Waals surface area contributed by atoms with Crippen molar-refractivity contribution >= 4 is 44.9 Å². The van der Waals surface area contributed by atoms with E-state index in [-0.39, 0.29) is 33.9 Å². The summed E-state index contributed by atoms with van der Waals surface area (Å²) in [4.78, 5) is 47.1. The van der Waals surface area contributed by atoms with E-state index in [9.17, 15) is 32.9 Å². The van der Waals surface area contributed by atoms with Crippen LogP contribution in [0.5, 0.6) is 0 Å². The Morgan fingerprint density at radius 1 is 0.917 bits per heavy atom. The highest BCUT2D eigenvalue weighted by Crippen LogP contribution is 2.26. The molecule has 0 saturated heterocycles. The van der Waals surface area contributed by atoms with E-state index in [0.29, 0.717) is 0 Å². The predicted octanol–water partition coefficient (Wildman–Crippen LogP) is 2.55. The minimum atomic E-state index is -4.10. The zero-order valence-electron chi connectivity index (χ0n) is 18.8. The molecule has 36 heavy (non-hydrogen) atoms. The van der Waals surface area contributed by atoms with E-state index in [1.165, 1.54) is 67.8 Å². The summed E-state index contributed by atoms with van der Waals surface area (Å²) in [5, 5.41) is 16.5. The van der Waals surface area contributed by atoms with Crippen molar-refractivity contribution < 1.29 is 32.5 Å². The van der Waals surface area contributed by atoms with E-state index in [1.807, 2.05) is 4.72 Å². The molecule has 0 heterocycles. The van der Waals surface area contributed by atoms with Crippen LogP contribution in [0.1, 0.15) is 20.7 Å². The van der Waals surface area contributed by atoms with Crippen molar-refractivity contribution in [2.45, 2.75) is 4.90 Å². The van der Waals surface area contributed by atoms with Crippen molar-refractivity contribution in [1.82, 2.24) is 4.72 Å². The molecule has 0 spiro atoms. The van der Waals surface area contributed by atoms with E-state index in [4.69, 9.17) is 0 Å². The van der Waals surface area contributed by atoms with E-state index in [2.05, 4.69) is 15.4 Å². The molecule has 0 saturated carbocycles. The number of methoxy groups -OCH3 is 1. The van der Waals surface area contributed by atoms with Crippen molar-refractivity contribution in [2.75, 3.05) is 24.3 Å². The van der Waals surface area contributed by atoms with Crippen LogP contribution in [0.2, 0.25) is 0 Å². The number of benzene rings is 3. The molecule has 186 valence electrons. The summed E-state index contributed by atoms with van der Waals surface area (Å²) in [6, 6.07) is 16.5. The first-order valence-corrected chi connectivity index (χ1v) is 11.7. The topological polar surface area (TPSA) is 174 Å². The summed E-state index contributed by atoms with van der Waals surface area (Å²) < 4.78 is 31.2. The lowest BCUT2D eigenvalue weighted by molar-refractivity contribution is -0.384. The van der Waals surface area contributed by atoms with Crippen LogP contribution in [0, 0.1) is 10.1 Å². The van der Waals surface area contributed by atoms with Gasteiger partial charge in [-0.05, 0) is 42.5 Å². The Morgan fingerprint density at radius 2 is 1.61 bits per heavy atom. The quantitative estimate of drug-likeness (QED) is 0.221. The van der Waals surface area contributed by atoms with Crippen LogP contribution >= 0.6 is 0 Å². The van der Waals surface area contributed by atoms with Crippen LogP contribution < -0.4 is 15.4 Å². The third-order valence-corrected chi connectivity index (χ3v) is 6.12. The number of hydrogen-bond acceptors (Lipinski definition) is 9. The fourth-order valence-electron chi connectivity index (χ4n) is 2.99. The van der Waals surface area contributed by atoms with E-state index >= 15 is 0 Å². The number of sulfonamides is 1. The van der Waals surface area contributed by atoms with Crippen molar-refractivity contribution in [3.63, 3.8) is 0 Å².